The van der Waals surface area contributed by atoms with E-state index >= 15 is 0 Å². The molecule has 0 aromatic heterocycles. The second kappa shape index (κ2) is 14.1. The zero-order valence-electron chi connectivity index (χ0n) is 26.0. The van der Waals surface area contributed by atoms with Crippen molar-refractivity contribution in [2.45, 2.75) is 96.0 Å². The van der Waals surface area contributed by atoms with Crippen LogP contribution in [0.2, 0.25) is 5.02 Å². The molecule has 14 heteroatoms. The quantitative estimate of drug-likeness (QED) is 0.294. The molecule has 0 bridgehead atoms. The number of rotatable bonds is 12. The number of nitrogens with zero attached hydrogens (tertiary/aromatic N) is 2. The summed E-state index contributed by atoms with van der Waals surface area (Å²) in [5.41, 5.74) is -0.615. The molecule has 4 amide bonds. The molecule has 4 rings (SSSR count). The van der Waals surface area contributed by atoms with Crippen LogP contribution >= 0.6 is 11.6 Å². The number of Topliss-reactive ketones (excluding diaryl/α,β-unsaturated/α-hetero) is 1. The minimum Gasteiger partial charge on any atom is -0.447 e. The fourth-order valence-electron chi connectivity index (χ4n) is 5.53. The van der Waals surface area contributed by atoms with E-state index in [-0.39, 0.29) is 31.8 Å². The molecule has 1 saturated carbocycles. The van der Waals surface area contributed by atoms with E-state index in [1.807, 2.05) is 13.0 Å². The highest BCUT2D eigenvalue weighted by atomic mass is 35.5. The van der Waals surface area contributed by atoms with E-state index in [2.05, 4.69) is 21.1 Å². The first-order valence-corrected chi connectivity index (χ1v) is 15.6. The first-order chi connectivity index (χ1) is 21.3. The minimum atomic E-state index is -1.16. The van der Waals surface area contributed by atoms with Crippen LogP contribution in [0.3, 0.4) is 0 Å². The van der Waals surface area contributed by atoms with Gasteiger partial charge in [0.25, 0.3) is 5.91 Å². The largest absolute Gasteiger partial charge is 0.447 e. The molecule has 1 aromatic carbocycles. The average molecular weight is 650 g/mol. The predicted octanol–water partition coefficient (Wildman–Crippen LogP) is 3.05. The van der Waals surface area contributed by atoms with Gasteiger partial charge in [-0.05, 0) is 36.8 Å². The van der Waals surface area contributed by atoms with Gasteiger partial charge < -0.3 is 30.4 Å². The predicted molar refractivity (Wildman–Crippen MR) is 163 cm³/mol. The average Bonchev–Trinajstić information content (AvgIpc) is 3.58. The Morgan fingerprint density at radius 3 is 2.56 bits per heavy atom. The topological polar surface area (TPSA) is 156 Å². The summed E-state index contributed by atoms with van der Waals surface area (Å²) in [4.78, 5) is 73.4. The fraction of sp³-hybridized carbons (Fsp3) is 0.613. The summed E-state index contributed by atoms with van der Waals surface area (Å²) in [5, 5.41) is 12.7. The van der Waals surface area contributed by atoms with E-state index in [0.717, 1.165) is 18.4 Å². The maximum Gasteiger partial charge on any atom is 0.407 e. The van der Waals surface area contributed by atoms with Gasteiger partial charge in [0.05, 0.1) is 18.3 Å². The highest BCUT2D eigenvalue weighted by Crippen LogP contribution is 2.40. The van der Waals surface area contributed by atoms with Crippen LogP contribution in [0.5, 0.6) is 0 Å². The number of hydrogen-bond donors (Lipinski definition) is 3. The van der Waals surface area contributed by atoms with Gasteiger partial charge in [0, 0.05) is 29.5 Å². The van der Waals surface area contributed by atoms with Crippen molar-refractivity contribution < 1.29 is 37.9 Å². The maximum absolute atomic E-state index is 14.2. The van der Waals surface area contributed by atoms with E-state index in [9.17, 15) is 28.4 Å². The Morgan fingerprint density at radius 2 is 1.93 bits per heavy atom. The molecule has 246 valence electrons. The van der Waals surface area contributed by atoms with E-state index < -0.39 is 72.0 Å². The summed E-state index contributed by atoms with van der Waals surface area (Å²) in [7, 11) is 0. The number of oxime groups is 1. The molecule has 4 atom stereocenters. The number of halogens is 2. The Kier molecular flexibility index (Phi) is 10.7. The van der Waals surface area contributed by atoms with Crippen LogP contribution in [-0.2, 0) is 28.8 Å². The molecular formula is C31H41ClFN5O7. The number of hydrogen-bond acceptors (Lipinski definition) is 8. The minimum absolute atomic E-state index is 0.0304. The van der Waals surface area contributed by atoms with Crippen molar-refractivity contribution >= 4 is 46.9 Å². The molecule has 2 fully saturated rings. The monoisotopic (exact) mass is 649 g/mol. The summed E-state index contributed by atoms with van der Waals surface area (Å²) in [5.74, 6) is -2.74. The van der Waals surface area contributed by atoms with Crippen molar-refractivity contribution in [1.82, 2.24) is 20.9 Å². The normalized spacial score (nSPS) is 22.2. The summed E-state index contributed by atoms with van der Waals surface area (Å²) < 4.78 is 17.5. The highest BCUT2D eigenvalue weighted by Gasteiger charge is 2.55. The van der Waals surface area contributed by atoms with E-state index in [1.54, 1.807) is 39.0 Å². The number of alkyl halides is 1. The third kappa shape index (κ3) is 8.50. The van der Waals surface area contributed by atoms with Gasteiger partial charge in [0.1, 0.15) is 25.4 Å². The zero-order chi connectivity index (χ0) is 32.9. The van der Waals surface area contributed by atoms with Crippen LogP contribution in [0.1, 0.15) is 71.8 Å². The van der Waals surface area contributed by atoms with Crippen molar-refractivity contribution in [3.8, 4) is 0 Å². The van der Waals surface area contributed by atoms with Crippen molar-refractivity contribution in [3.63, 3.8) is 0 Å². The van der Waals surface area contributed by atoms with Gasteiger partial charge in [0.15, 0.2) is 5.60 Å². The molecular weight excluding hydrogens is 609 g/mol. The number of alkyl carbamates (subject to hydrolysis) is 1. The summed E-state index contributed by atoms with van der Waals surface area (Å²) in [6, 6.07) is 3.65. The standard InChI is InChI=1S/C31H41ClFN5O7/c1-5-7-21(24(39)27(41)34-20-10-11-20)35-26(40)23-16-31(15-22(37-45-31)18-8-6-9-19(32)14-18)17-38(23)28(42)25(30(2,3)4)36-29(43)44-13-12-33/h6,8-9,14,20-21,23,25H,5,7,10-13,15-17H2,1-4H3,(H,34,41)(H,35,40)(H,36,43)/t21-,23-,25+,31?/m0/s1. The lowest BCUT2D eigenvalue weighted by Gasteiger charge is -2.35. The third-order valence-corrected chi connectivity index (χ3v) is 8.25. The van der Waals surface area contributed by atoms with Gasteiger partial charge in [-0.3, -0.25) is 19.2 Å². The molecule has 3 aliphatic rings. The van der Waals surface area contributed by atoms with Crippen molar-refractivity contribution in [2.75, 3.05) is 19.8 Å². The molecule has 1 aromatic rings. The second-order valence-electron chi connectivity index (χ2n) is 12.9. The Bertz CT molecular complexity index is 1350. The molecule has 2 heterocycles. The lowest BCUT2D eigenvalue weighted by molar-refractivity contribution is -0.144. The van der Waals surface area contributed by atoms with E-state index in [1.165, 1.54) is 4.90 Å². The van der Waals surface area contributed by atoms with Gasteiger partial charge in [0.2, 0.25) is 17.6 Å². The van der Waals surface area contributed by atoms with Crippen molar-refractivity contribution in [2.24, 2.45) is 10.6 Å². The van der Waals surface area contributed by atoms with Crippen LogP contribution in [-0.4, -0.2) is 89.8 Å². The van der Waals surface area contributed by atoms with Crippen LogP contribution < -0.4 is 16.0 Å². The fourth-order valence-corrected chi connectivity index (χ4v) is 5.72. The van der Waals surface area contributed by atoms with Crippen molar-refractivity contribution in [3.05, 3.63) is 34.9 Å². The molecule has 1 saturated heterocycles. The number of likely N-dealkylation sites (tertiary alicyclic amines) is 1. The number of carbonyl (C=O) groups excluding carboxylic acids is 5. The Hall–Kier alpha value is -3.74. The van der Waals surface area contributed by atoms with Crippen LogP contribution in [0.4, 0.5) is 9.18 Å². The highest BCUT2D eigenvalue weighted by molar-refractivity contribution is 6.38. The number of ketones is 1. The maximum atomic E-state index is 14.2. The Morgan fingerprint density at radius 1 is 1.20 bits per heavy atom. The number of amides is 4. The lowest BCUT2D eigenvalue weighted by Crippen LogP contribution is -2.59. The first kappa shape index (κ1) is 34.1. The van der Waals surface area contributed by atoms with E-state index in [4.69, 9.17) is 21.2 Å². The molecule has 1 spiro atoms. The Balaban J connectivity index is 1.60. The van der Waals surface area contributed by atoms with Crippen molar-refractivity contribution in [1.29, 1.82) is 0 Å². The molecule has 1 unspecified atom stereocenters. The molecule has 0 radical (unpaired) electrons. The second-order valence-corrected chi connectivity index (χ2v) is 13.4. The first-order valence-electron chi connectivity index (χ1n) is 15.2. The van der Waals surface area contributed by atoms with Gasteiger partial charge in [-0.2, -0.15) is 0 Å². The summed E-state index contributed by atoms with van der Waals surface area (Å²) in [6.45, 7) is 5.59. The zero-order valence-corrected chi connectivity index (χ0v) is 26.7. The van der Waals surface area contributed by atoms with Gasteiger partial charge in [-0.15, -0.1) is 0 Å². The molecule has 1 aliphatic carbocycles. The molecule has 3 N–H and O–H groups in total. The molecule has 2 aliphatic heterocycles. The van der Waals surface area contributed by atoms with Gasteiger partial charge in [-0.1, -0.05) is 63.0 Å². The number of nitrogens with one attached hydrogen (secondary N) is 3. The SMILES string of the molecule is CCC[C@H](NC(=O)[C@@H]1CC2(CC(c3cccc(Cl)c3)=NO2)CN1C(=O)[C@@H](NC(=O)OCCF)C(C)(C)C)C(=O)C(=O)NC1CC1. The Labute approximate surface area is 266 Å². The van der Waals surface area contributed by atoms with Gasteiger partial charge >= 0.3 is 6.09 Å². The van der Waals surface area contributed by atoms with Crippen LogP contribution in [0.15, 0.2) is 29.4 Å². The number of ether oxygens (including phenoxy) is 1. The number of benzene rings is 1. The summed E-state index contributed by atoms with van der Waals surface area (Å²) in [6.07, 6.45) is 1.65. The van der Waals surface area contributed by atoms with E-state index in [0.29, 0.717) is 17.2 Å². The number of carbonyl (C=O) groups is 5. The van der Waals surface area contributed by atoms with Crippen LogP contribution in [0, 0.1) is 5.41 Å². The van der Waals surface area contributed by atoms with Gasteiger partial charge in [-0.25, -0.2) is 9.18 Å². The lowest BCUT2D eigenvalue weighted by atomic mass is 9.85. The van der Waals surface area contributed by atoms with Crippen LogP contribution in [0.25, 0.3) is 0 Å². The molecule has 12 nitrogen and oxygen atoms in total. The summed E-state index contributed by atoms with van der Waals surface area (Å²) >= 11 is 6.18. The smallest absolute Gasteiger partial charge is 0.407 e. The third-order valence-electron chi connectivity index (χ3n) is 8.01. The molecule has 45 heavy (non-hydrogen) atoms.